The predicted octanol–water partition coefficient (Wildman–Crippen LogP) is 1.62. The van der Waals surface area contributed by atoms with Crippen molar-refractivity contribution >= 4 is 27.1 Å². The van der Waals surface area contributed by atoms with Crippen LogP contribution in [0.2, 0.25) is 0 Å². The molecule has 0 aliphatic carbocycles. The first kappa shape index (κ1) is 19.9. The molecule has 6 nitrogen and oxygen atoms in total. The zero-order chi connectivity index (χ0) is 17.5. The number of hydrogen-bond acceptors (Lipinski definition) is 5. The van der Waals surface area contributed by atoms with Crippen LogP contribution in [0.3, 0.4) is 0 Å². The van der Waals surface area contributed by atoms with Crippen LogP contribution in [0.1, 0.15) is 30.2 Å². The lowest BCUT2D eigenvalue weighted by Gasteiger charge is -2.25. The van der Waals surface area contributed by atoms with Gasteiger partial charge in [-0.15, -0.1) is 11.3 Å². The van der Waals surface area contributed by atoms with Gasteiger partial charge in [0.15, 0.2) is 5.96 Å². The van der Waals surface area contributed by atoms with Gasteiger partial charge in [0.05, 0.1) is 10.8 Å². The Bertz CT molecular complexity index is 621. The van der Waals surface area contributed by atoms with E-state index in [9.17, 15) is 8.42 Å². The van der Waals surface area contributed by atoms with Gasteiger partial charge in [-0.3, -0.25) is 4.99 Å². The smallest absolute Gasteiger partial charge is 0.191 e. The largest absolute Gasteiger partial charge is 0.356 e. The molecule has 23 heavy (non-hydrogen) atoms. The third kappa shape index (κ3) is 8.90. The highest BCUT2D eigenvalue weighted by molar-refractivity contribution is 7.90. The number of hydrogen-bond donors (Lipinski definition) is 2. The van der Waals surface area contributed by atoms with Gasteiger partial charge in [0.1, 0.15) is 9.84 Å². The first-order valence-electron chi connectivity index (χ1n) is 7.65. The zero-order valence-corrected chi connectivity index (χ0v) is 16.3. The summed E-state index contributed by atoms with van der Waals surface area (Å²) in [4.78, 5) is 9.75. The number of aromatic nitrogens is 1. The fourth-order valence-electron chi connectivity index (χ4n) is 1.90. The molecule has 0 spiro atoms. The van der Waals surface area contributed by atoms with E-state index in [4.69, 9.17) is 0 Å². The van der Waals surface area contributed by atoms with Gasteiger partial charge in [0, 0.05) is 43.9 Å². The third-order valence-corrected chi connectivity index (χ3v) is 5.33. The molecule has 1 aromatic heterocycles. The Morgan fingerprint density at radius 2 is 2.09 bits per heavy atom. The minimum Gasteiger partial charge on any atom is -0.356 e. The summed E-state index contributed by atoms with van der Waals surface area (Å²) in [6.07, 6.45) is 4.64. The van der Waals surface area contributed by atoms with Crippen molar-refractivity contribution in [1.29, 1.82) is 0 Å². The fraction of sp³-hybridized carbons (Fsp3) is 0.733. The molecule has 1 aromatic rings. The molecule has 0 radical (unpaired) electrons. The molecule has 1 rings (SSSR count). The average molecular weight is 361 g/mol. The van der Waals surface area contributed by atoms with Crippen LogP contribution in [0.25, 0.3) is 0 Å². The maximum absolute atomic E-state index is 11.3. The van der Waals surface area contributed by atoms with E-state index < -0.39 is 9.84 Å². The van der Waals surface area contributed by atoms with E-state index in [0.717, 1.165) is 23.9 Å². The van der Waals surface area contributed by atoms with Crippen molar-refractivity contribution in [2.45, 2.75) is 33.6 Å². The number of rotatable bonds is 8. The quantitative estimate of drug-likeness (QED) is 0.544. The molecule has 0 saturated heterocycles. The number of nitrogens with one attached hydrogen (secondary N) is 2. The van der Waals surface area contributed by atoms with Gasteiger partial charge in [-0.25, -0.2) is 13.4 Å². The third-order valence-electron chi connectivity index (χ3n) is 3.41. The summed E-state index contributed by atoms with van der Waals surface area (Å²) in [6, 6.07) is 0. The van der Waals surface area contributed by atoms with Gasteiger partial charge in [-0.2, -0.15) is 0 Å². The van der Waals surface area contributed by atoms with Crippen molar-refractivity contribution in [2.75, 3.05) is 32.1 Å². The molecular weight excluding hydrogens is 332 g/mol. The lowest BCUT2D eigenvalue weighted by atomic mass is 9.90. The highest BCUT2D eigenvalue weighted by Crippen LogP contribution is 2.19. The first-order chi connectivity index (χ1) is 10.6. The summed E-state index contributed by atoms with van der Waals surface area (Å²) < 4.78 is 22.6. The second kappa shape index (κ2) is 8.63. The van der Waals surface area contributed by atoms with Gasteiger partial charge in [0.25, 0.3) is 0 Å². The van der Waals surface area contributed by atoms with E-state index in [-0.39, 0.29) is 11.2 Å². The lowest BCUT2D eigenvalue weighted by Crippen LogP contribution is -2.43. The molecule has 0 unspecified atom stereocenters. The van der Waals surface area contributed by atoms with Crippen molar-refractivity contribution in [3.63, 3.8) is 0 Å². The summed E-state index contributed by atoms with van der Waals surface area (Å²) >= 11 is 1.71. The van der Waals surface area contributed by atoms with Crippen LogP contribution in [0.5, 0.6) is 0 Å². The summed E-state index contributed by atoms with van der Waals surface area (Å²) in [6.45, 7) is 7.58. The predicted molar refractivity (Wildman–Crippen MR) is 98.0 cm³/mol. The van der Waals surface area contributed by atoms with Crippen LogP contribution in [-0.2, 0) is 16.3 Å². The number of aryl methyl sites for hydroxylation is 1. The average Bonchev–Trinajstić information content (AvgIpc) is 2.85. The molecule has 0 aliphatic rings. The first-order valence-corrected chi connectivity index (χ1v) is 10.5. The van der Waals surface area contributed by atoms with Crippen molar-refractivity contribution in [3.05, 3.63) is 16.1 Å². The summed E-state index contributed by atoms with van der Waals surface area (Å²) in [5, 5.41) is 7.63. The Balaban J connectivity index is 2.35. The molecule has 0 fully saturated rings. The van der Waals surface area contributed by atoms with Crippen molar-refractivity contribution in [2.24, 2.45) is 10.4 Å². The Morgan fingerprint density at radius 1 is 1.39 bits per heavy atom. The molecule has 0 saturated carbocycles. The Kier molecular flexibility index (Phi) is 7.47. The van der Waals surface area contributed by atoms with Crippen LogP contribution in [0, 0.1) is 12.3 Å². The number of aliphatic imine (C=N–C) groups is 1. The molecule has 0 aliphatic heterocycles. The maximum Gasteiger partial charge on any atom is 0.191 e. The SMILES string of the molecule is CN=C(NCCc1ncc(C)s1)NCC(C)(C)CCS(C)(=O)=O. The van der Waals surface area contributed by atoms with E-state index in [1.165, 1.54) is 11.1 Å². The molecule has 132 valence electrons. The normalized spacial score (nSPS) is 13.2. The van der Waals surface area contributed by atoms with Gasteiger partial charge in [-0.05, 0) is 18.8 Å². The number of sulfone groups is 1. The van der Waals surface area contributed by atoms with E-state index in [2.05, 4.69) is 34.5 Å². The lowest BCUT2D eigenvalue weighted by molar-refractivity contribution is 0.348. The highest BCUT2D eigenvalue weighted by atomic mass is 32.2. The number of guanidine groups is 1. The molecule has 8 heteroatoms. The Morgan fingerprint density at radius 3 is 2.61 bits per heavy atom. The summed E-state index contributed by atoms with van der Waals surface area (Å²) in [5.41, 5.74) is -0.118. The van der Waals surface area contributed by atoms with E-state index >= 15 is 0 Å². The molecule has 2 N–H and O–H groups in total. The van der Waals surface area contributed by atoms with Crippen molar-refractivity contribution < 1.29 is 8.42 Å². The zero-order valence-electron chi connectivity index (χ0n) is 14.6. The number of nitrogens with zero attached hydrogens (tertiary/aromatic N) is 2. The second-order valence-corrected chi connectivity index (χ2v) is 10.1. The topological polar surface area (TPSA) is 83.4 Å². The van der Waals surface area contributed by atoms with Crippen molar-refractivity contribution in [1.82, 2.24) is 15.6 Å². The Hall–Kier alpha value is -1.15. The van der Waals surface area contributed by atoms with Crippen LogP contribution in [0.15, 0.2) is 11.2 Å². The molecule has 1 heterocycles. The maximum atomic E-state index is 11.3. The second-order valence-electron chi connectivity index (χ2n) is 6.51. The van der Waals surface area contributed by atoms with E-state index in [1.54, 1.807) is 18.4 Å². The highest BCUT2D eigenvalue weighted by Gasteiger charge is 2.20. The molecule has 0 amide bonds. The summed E-state index contributed by atoms with van der Waals surface area (Å²) in [7, 11) is -1.20. The fourth-order valence-corrected chi connectivity index (χ4v) is 3.61. The van der Waals surface area contributed by atoms with Crippen LogP contribution >= 0.6 is 11.3 Å². The van der Waals surface area contributed by atoms with Gasteiger partial charge in [0.2, 0.25) is 0 Å². The summed E-state index contributed by atoms with van der Waals surface area (Å²) in [5.74, 6) is 0.933. The van der Waals surface area contributed by atoms with Crippen LogP contribution < -0.4 is 10.6 Å². The minimum atomic E-state index is -2.92. The van der Waals surface area contributed by atoms with Gasteiger partial charge >= 0.3 is 0 Å². The molecular formula is C15H28N4O2S2. The number of thiazole rings is 1. The Labute approximate surface area is 143 Å². The molecule has 0 atom stereocenters. The van der Waals surface area contributed by atoms with Gasteiger partial charge in [-0.1, -0.05) is 13.8 Å². The van der Waals surface area contributed by atoms with Crippen LogP contribution in [-0.4, -0.2) is 51.5 Å². The molecule has 0 bridgehead atoms. The van der Waals surface area contributed by atoms with Crippen molar-refractivity contribution in [3.8, 4) is 0 Å². The minimum absolute atomic E-state index is 0.118. The monoisotopic (exact) mass is 360 g/mol. The molecule has 0 aromatic carbocycles. The van der Waals surface area contributed by atoms with E-state index in [0.29, 0.717) is 13.0 Å². The van der Waals surface area contributed by atoms with Crippen LogP contribution in [0.4, 0.5) is 0 Å². The standard InChI is InChI=1S/C15H28N4O2S2/c1-12-10-18-13(22-12)6-8-17-14(16-4)19-11-15(2,3)7-9-23(5,20)21/h10H,6-9,11H2,1-5H3,(H2,16,17,19). The van der Waals surface area contributed by atoms with Gasteiger partial charge < -0.3 is 10.6 Å². The van der Waals surface area contributed by atoms with E-state index in [1.807, 2.05) is 13.1 Å².